The Balaban J connectivity index is 2.13. The number of aromatic nitrogens is 1. The summed E-state index contributed by atoms with van der Waals surface area (Å²) in [5.41, 5.74) is 2.70. The Kier molecular flexibility index (Phi) is 4.87. The Morgan fingerprint density at radius 3 is 2.85 bits per heavy atom. The summed E-state index contributed by atoms with van der Waals surface area (Å²) in [6.07, 6.45) is 0.837. The summed E-state index contributed by atoms with van der Waals surface area (Å²) in [6.45, 7) is 4.08. The second-order valence-electron chi connectivity index (χ2n) is 4.55. The van der Waals surface area contributed by atoms with E-state index in [0.717, 1.165) is 17.7 Å². The van der Waals surface area contributed by atoms with Gasteiger partial charge in [-0.1, -0.05) is 25.1 Å². The number of rotatable bonds is 5. The fourth-order valence-electron chi connectivity index (χ4n) is 1.90. The lowest BCUT2D eigenvalue weighted by Gasteiger charge is -2.07. The first kappa shape index (κ1) is 14.7. The lowest BCUT2D eigenvalue weighted by molar-refractivity contribution is 0.102. The van der Waals surface area contributed by atoms with Gasteiger partial charge in [0, 0.05) is 17.0 Å². The summed E-state index contributed by atoms with van der Waals surface area (Å²) < 4.78 is 0. The largest absolute Gasteiger partial charge is 0.312 e. The molecule has 0 fully saturated rings. The SMILES string of the molecule is CCc1ccccc1C(=O)Nc1nc(C(C)NC)cs1. The first-order chi connectivity index (χ1) is 9.65. The van der Waals surface area contributed by atoms with Gasteiger partial charge in [0.25, 0.3) is 5.91 Å². The van der Waals surface area contributed by atoms with Crippen molar-refractivity contribution in [2.45, 2.75) is 26.3 Å². The predicted octanol–water partition coefficient (Wildman–Crippen LogP) is 3.24. The molecule has 0 aliphatic heterocycles. The molecule has 0 radical (unpaired) electrons. The normalized spacial score (nSPS) is 12.2. The van der Waals surface area contributed by atoms with Gasteiger partial charge in [-0.05, 0) is 32.0 Å². The van der Waals surface area contributed by atoms with Gasteiger partial charge in [-0.25, -0.2) is 4.98 Å². The molecule has 0 saturated carbocycles. The van der Waals surface area contributed by atoms with Gasteiger partial charge in [0.05, 0.1) is 5.69 Å². The van der Waals surface area contributed by atoms with Gasteiger partial charge >= 0.3 is 0 Å². The Morgan fingerprint density at radius 1 is 1.40 bits per heavy atom. The fourth-order valence-corrected chi connectivity index (χ4v) is 2.70. The van der Waals surface area contributed by atoms with Crippen LogP contribution in [0.3, 0.4) is 0 Å². The molecule has 4 nitrogen and oxygen atoms in total. The van der Waals surface area contributed by atoms with E-state index in [1.54, 1.807) is 0 Å². The second-order valence-corrected chi connectivity index (χ2v) is 5.41. The Bertz CT molecular complexity index is 594. The molecule has 2 rings (SSSR count). The number of benzene rings is 1. The zero-order valence-electron chi connectivity index (χ0n) is 11.9. The average molecular weight is 289 g/mol. The quantitative estimate of drug-likeness (QED) is 0.888. The van der Waals surface area contributed by atoms with E-state index in [-0.39, 0.29) is 11.9 Å². The van der Waals surface area contributed by atoms with E-state index < -0.39 is 0 Å². The van der Waals surface area contributed by atoms with Gasteiger partial charge in [-0.15, -0.1) is 11.3 Å². The molecule has 0 bridgehead atoms. The second kappa shape index (κ2) is 6.63. The minimum Gasteiger partial charge on any atom is -0.312 e. The molecule has 0 saturated heterocycles. The number of aryl methyl sites for hydroxylation is 1. The van der Waals surface area contributed by atoms with Gasteiger partial charge in [0.15, 0.2) is 5.13 Å². The maximum atomic E-state index is 12.3. The van der Waals surface area contributed by atoms with Gasteiger partial charge in [0.1, 0.15) is 0 Å². The van der Waals surface area contributed by atoms with Crippen molar-refractivity contribution in [1.29, 1.82) is 0 Å². The van der Waals surface area contributed by atoms with Crippen LogP contribution in [0.15, 0.2) is 29.6 Å². The van der Waals surface area contributed by atoms with Crippen molar-refractivity contribution >= 4 is 22.4 Å². The molecule has 1 aromatic heterocycles. The smallest absolute Gasteiger partial charge is 0.257 e. The first-order valence-electron chi connectivity index (χ1n) is 6.67. The van der Waals surface area contributed by atoms with Gasteiger partial charge in [-0.2, -0.15) is 0 Å². The Hall–Kier alpha value is -1.72. The summed E-state index contributed by atoms with van der Waals surface area (Å²) in [7, 11) is 1.89. The van der Waals surface area contributed by atoms with Crippen molar-refractivity contribution in [2.75, 3.05) is 12.4 Å². The third kappa shape index (κ3) is 3.23. The van der Waals surface area contributed by atoms with Gasteiger partial charge < -0.3 is 5.32 Å². The molecule has 5 heteroatoms. The van der Waals surface area contributed by atoms with Crippen LogP contribution >= 0.6 is 11.3 Å². The van der Waals surface area contributed by atoms with E-state index in [1.807, 2.05) is 50.5 Å². The molecule has 2 N–H and O–H groups in total. The summed E-state index contributed by atoms with van der Waals surface area (Å²) in [4.78, 5) is 16.7. The number of nitrogens with zero attached hydrogens (tertiary/aromatic N) is 1. The highest BCUT2D eigenvalue weighted by molar-refractivity contribution is 7.14. The predicted molar refractivity (Wildman–Crippen MR) is 83.4 cm³/mol. The maximum absolute atomic E-state index is 12.3. The molecule has 0 aliphatic carbocycles. The zero-order chi connectivity index (χ0) is 14.5. The van der Waals surface area contributed by atoms with Crippen LogP contribution in [0.1, 0.15) is 41.5 Å². The highest BCUT2D eigenvalue weighted by Crippen LogP contribution is 2.21. The average Bonchev–Trinajstić information content (AvgIpc) is 2.94. The van der Waals surface area contributed by atoms with Crippen molar-refractivity contribution in [2.24, 2.45) is 0 Å². The molecule has 1 unspecified atom stereocenters. The van der Waals surface area contributed by atoms with Crippen molar-refractivity contribution in [3.8, 4) is 0 Å². The first-order valence-corrected chi connectivity index (χ1v) is 7.55. The van der Waals surface area contributed by atoms with Crippen LogP contribution in [0.4, 0.5) is 5.13 Å². The van der Waals surface area contributed by atoms with Gasteiger partial charge in [-0.3, -0.25) is 10.1 Å². The van der Waals surface area contributed by atoms with Crippen molar-refractivity contribution in [1.82, 2.24) is 10.3 Å². The van der Waals surface area contributed by atoms with Crippen molar-refractivity contribution < 1.29 is 4.79 Å². The third-order valence-electron chi connectivity index (χ3n) is 3.26. The molecule has 1 aromatic carbocycles. The molecule has 0 aliphatic rings. The fraction of sp³-hybridized carbons (Fsp3) is 0.333. The van der Waals surface area contributed by atoms with Crippen molar-refractivity contribution in [3.05, 3.63) is 46.5 Å². The number of carbonyl (C=O) groups is 1. The van der Waals surface area contributed by atoms with Crippen molar-refractivity contribution in [3.63, 3.8) is 0 Å². The number of hydrogen-bond donors (Lipinski definition) is 2. The maximum Gasteiger partial charge on any atom is 0.257 e. The number of hydrogen-bond acceptors (Lipinski definition) is 4. The van der Waals surface area contributed by atoms with Crippen LogP contribution in [-0.4, -0.2) is 17.9 Å². The standard InChI is InChI=1S/C15H19N3OS/c1-4-11-7-5-6-8-12(11)14(19)18-15-17-13(9-20-15)10(2)16-3/h5-10,16H,4H2,1-3H3,(H,17,18,19). The lowest BCUT2D eigenvalue weighted by Crippen LogP contribution is -2.15. The Labute approximate surface area is 123 Å². The minimum absolute atomic E-state index is 0.0968. The lowest BCUT2D eigenvalue weighted by atomic mass is 10.1. The van der Waals surface area contributed by atoms with Gasteiger partial charge in [0.2, 0.25) is 0 Å². The molecule has 1 amide bonds. The van der Waals surface area contributed by atoms with E-state index in [0.29, 0.717) is 10.7 Å². The zero-order valence-corrected chi connectivity index (χ0v) is 12.8. The molecular weight excluding hydrogens is 270 g/mol. The monoisotopic (exact) mass is 289 g/mol. The molecule has 20 heavy (non-hydrogen) atoms. The summed E-state index contributed by atoms with van der Waals surface area (Å²) in [5.74, 6) is -0.0968. The summed E-state index contributed by atoms with van der Waals surface area (Å²) in [6, 6.07) is 7.83. The van der Waals surface area contributed by atoms with Crippen LogP contribution in [0.25, 0.3) is 0 Å². The van der Waals surface area contributed by atoms with E-state index in [2.05, 4.69) is 15.6 Å². The minimum atomic E-state index is -0.0968. The third-order valence-corrected chi connectivity index (χ3v) is 4.04. The van der Waals surface area contributed by atoms with Crippen LogP contribution in [-0.2, 0) is 6.42 Å². The summed E-state index contributed by atoms with van der Waals surface area (Å²) in [5, 5.41) is 8.60. The van der Waals surface area contributed by atoms with Crippen LogP contribution < -0.4 is 10.6 Å². The van der Waals surface area contributed by atoms with E-state index >= 15 is 0 Å². The molecule has 1 atom stereocenters. The number of amides is 1. The van der Waals surface area contributed by atoms with E-state index in [4.69, 9.17) is 0 Å². The van der Waals surface area contributed by atoms with Crippen LogP contribution in [0.2, 0.25) is 0 Å². The number of thiazole rings is 1. The van der Waals surface area contributed by atoms with E-state index in [9.17, 15) is 4.79 Å². The Morgan fingerprint density at radius 2 is 2.15 bits per heavy atom. The molecule has 106 valence electrons. The van der Waals surface area contributed by atoms with Crippen LogP contribution in [0, 0.1) is 0 Å². The highest BCUT2D eigenvalue weighted by Gasteiger charge is 2.13. The highest BCUT2D eigenvalue weighted by atomic mass is 32.1. The topological polar surface area (TPSA) is 54.0 Å². The number of nitrogens with one attached hydrogen (secondary N) is 2. The molecular formula is C15H19N3OS. The van der Waals surface area contributed by atoms with E-state index in [1.165, 1.54) is 11.3 Å². The molecule has 1 heterocycles. The molecule has 0 spiro atoms. The van der Waals surface area contributed by atoms with Crippen LogP contribution in [0.5, 0.6) is 0 Å². The molecule has 2 aromatic rings. The summed E-state index contributed by atoms with van der Waals surface area (Å²) >= 11 is 1.45. The number of anilines is 1. The number of carbonyl (C=O) groups excluding carboxylic acids is 1.